The van der Waals surface area contributed by atoms with Gasteiger partial charge in [-0.1, -0.05) is 24.3 Å². The fraction of sp³-hybridized carbons (Fsp3) is 0.0833. The number of halogens is 1. The number of nitrogens with zero attached hydrogens (tertiary/aromatic N) is 1. The number of carbonyl (C=O) groups excluding carboxylic acids is 2. The minimum Gasteiger partial charge on any atom is -0.484 e. The van der Waals surface area contributed by atoms with Crippen molar-refractivity contribution < 1.29 is 28.1 Å². The summed E-state index contributed by atoms with van der Waals surface area (Å²) in [7, 11) is 0. The number of anilines is 1. The predicted octanol–water partition coefficient (Wildman–Crippen LogP) is 5.04. The van der Waals surface area contributed by atoms with E-state index < -0.39 is 29.0 Å². The normalized spacial score (nSPS) is 10.7. The maximum Gasteiger partial charge on any atom is 0.269 e. The number of ketones is 1. The van der Waals surface area contributed by atoms with Gasteiger partial charge in [-0.2, -0.15) is 0 Å². The van der Waals surface area contributed by atoms with Gasteiger partial charge in [0, 0.05) is 23.1 Å². The number of amides is 1. The number of aryl methyl sites for hydroxylation is 1. The number of benzene rings is 3. The molecule has 1 aromatic heterocycles. The summed E-state index contributed by atoms with van der Waals surface area (Å²) in [4.78, 5) is 35.8. The number of rotatable bonds is 7. The van der Waals surface area contributed by atoms with E-state index in [-0.39, 0.29) is 28.4 Å². The first kappa shape index (κ1) is 21.7. The van der Waals surface area contributed by atoms with Gasteiger partial charge in [0.05, 0.1) is 10.6 Å². The first-order chi connectivity index (χ1) is 15.8. The van der Waals surface area contributed by atoms with Gasteiger partial charge in [0.15, 0.2) is 12.4 Å². The van der Waals surface area contributed by atoms with E-state index in [1.54, 1.807) is 31.2 Å². The second kappa shape index (κ2) is 8.91. The molecule has 0 aliphatic heterocycles. The molecule has 4 rings (SSSR count). The van der Waals surface area contributed by atoms with Crippen molar-refractivity contribution in [2.45, 2.75) is 6.92 Å². The molecule has 1 amide bonds. The smallest absolute Gasteiger partial charge is 0.269 e. The Balaban J connectivity index is 1.57. The van der Waals surface area contributed by atoms with Crippen molar-refractivity contribution in [3.05, 3.63) is 99.5 Å². The van der Waals surface area contributed by atoms with Crippen molar-refractivity contribution in [3.63, 3.8) is 0 Å². The second-order valence-electron chi connectivity index (χ2n) is 7.18. The van der Waals surface area contributed by atoms with Gasteiger partial charge in [0.25, 0.3) is 11.6 Å². The van der Waals surface area contributed by atoms with Crippen molar-refractivity contribution in [1.82, 2.24) is 0 Å². The maximum absolute atomic E-state index is 14.0. The van der Waals surface area contributed by atoms with Crippen LogP contribution >= 0.6 is 0 Å². The molecule has 0 unspecified atom stereocenters. The first-order valence-electron chi connectivity index (χ1n) is 9.83. The van der Waals surface area contributed by atoms with E-state index in [0.29, 0.717) is 16.5 Å². The third-order valence-corrected chi connectivity index (χ3v) is 4.92. The number of carbonyl (C=O) groups is 2. The summed E-state index contributed by atoms with van der Waals surface area (Å²) in [5.74, 6) is -1.57. The van der Waals surface area contributed by atoms with E-state index in [2.05, 4.69) is 5.32 Å². The number of nitro groups is 1. The third-order valence-electron chi connectivity index (χ3n) is 4.92. The van der Waals surface area contributed by atoms with Crippen LogP contribution in [0.15, 0.2) is 71.1 Å². The third kappa shape index (κ3) is 4.57. The Morgan fingerprint density at radius 2 is 1.82 bits per heavy atom. The van der Waals surface area contributed by atoms with Crippen LogP contribution < -0.4 is 10.1 Å². The minimum atomic E-state index is -0.586. The van der Waals surface area contributed by atoms with Gasteiger partial charge in [-0.25, -0.2) is 4.39 Å². The number of para-hydroxylation sites is 1. The number of fused-ring (bicyclic) bond motifs is 1. The fourth-order valence-corrected chi connectivity index (χ4v) is 3.18. The predicted molar refractivity (Wildman–Crippen MR) is 118 cm³/mol. The summed E-state index contributed by atoms with van der Waals surface area (Å²) in [6.07, 6.45) is 0. The van der Waals surface area contributed by atoms with Crippen LogP contribution in [0.1, 0.15) is 21.7 Å². The molecule has 166 valence electrons. The molecule has 4 aromatic rings. The van der Waals surface area contributed by atoms with Crippen LogP contribution in [0.2, 0.25) is 0 Å². The Morgan fingerprint density at radius 3 is 2.52 bits per heavy atom. The van der Waals surface area contributed by atoms with Crippen LogP contribution in [0, 0.1) is 22.9 Å². The van der Waals surface area contributed by atoms with Crippen molar-refractivity contribution in [3.8, 4) is 5.75 Å². The number of nitrogens with one attached hydrogen (secondary N) is 1. The Bertz CT molecular complexity index is 1380. The lowest BCUT2D eigenvalue weighted by Crippen LogP contribution is -2.21. The summed E-state index contributed by atoms with van der Waals surface area (Å²) in [5.41, 5.74) is 0.893. The molecule has 0 aliphatic carbocycles. The minimum absolute atomic E-state index is 0.0785. The zero-order chi connectivity index (χ0) is 23.5. The van der Waals surface area contributed by atoms with Gasteiger partial charge in [0.2, 0.25) is 5.78 Å². The van der Waals surface area contributed by atoms with Gasteiger partial charge in [-0.3, -0.25) is 19.7 Å². The molecule has 0 radical (unpaired) electrons. The lowest BCUT2D eigenvalue weighted by atomic mass is 10.0. The summed E-state index contributed by atoms with van der Waals surface area (Å²) in [6.45, 7) is 1.17. The molecule has 0 saturated carbocycles. The number of non-ortho nitro benzene ring substituents is 1. The highest BCUT2D eigenvalue weighted by molar-refractivity contribution is 6.17. The molecule has 0 saturated heterocycles. The SMILES string of the molecule is Cc1ccc(C(=O)c2oc3ccccc3c2NC(=O)COc2ccc([N+](=O)[O-])cc2)cc1F. The van der Waals surface area contributed by atoms with Gasteiger partial charge < -0.3 is 14.5 Å². The fourth-order valence-electron chi connectivity index (χ4n) is 3.18. The van der Waals surface area contributed by atoms with Crippen LogP contribution in [0.3, 0.4) is 0 Å². The quantitative estimate of drug-likeness (QED) is 0.241. The molecule has 0 atom stereocenters. The molecule has 0 fully saturated rings. The van der Waals surface area contributed by atoms with E-state index in [1.807, 2.05) is 0 Å². The molecular formula is C24H17FN2O6. The maximum atomic E-state index is 14.0. The van der Waals surface area contributed by atoms with Crippen LogP contribution in [0.5, 0.6) is 5.75 Å². The van der Waals surface area contributed by atoms with Gasteiger partial charge in [-0.15, -0.1) is 0 Å². The lowest BCUT2D eigenvalue weighted by molar-refractivity contribution is -0.384. The number of hydrogen-bond acceptors (Lipinski definition) is 6. The summed E-state index contributed by atoms with van der Waals surface area (Å²) >= 11 is 0. The monoisotopic (exact) mass is 448 g/mol. The highest BCUT2D eigenvalue weighted by Gasteiger charge is 2.24. The molecule has 0 aliphatic rings. The topological polar surface area (TPSA) is 112 Å². The van der Waals surface area contributed by atoms with Crippen molar-refractivity contribution >= 4 is 34.0 Å². The van der Waals surface area contributed by atoms with Crippen molar-refractivity contribution in [1.29, 1.82) is 0 Å². The Hall–Kier alpha value is -4.53. The standard InChI is InChI=1S/C24H17FN2O6/c1-14-6-7-15(12-19(14)25)23(29)24-22(18-4-2-3-5-20(18)33-24)26-21(28)13-32-17-10-8-16(9-11-17)27(30)31/h2-12H,13H2,1H3,(H,26,28). The Morgan fingerprint density at radius 1 is 1.09 bits per heavy atom. The van der Waals surface area contributed by atoms with E-state index in [0.717, 1.165) is 6.07 Å². The first-order valence-corrected chi connectivity index (χ1v) is 9.83. The average molecular weight is 448 g/mol. The average Bonchev–Trinajstić information content (AvgIpc) is 3.17. The molecule has 9 heteroatoms. The molecular weight excluding hydrogens is 431 g/mol. The summed E-state index contributed by atoms with van der Waals surface area (Å²) in [5, 5.41) is 13.9. The van der Waals surface area contributed by atoms with Crippen LogP contribution in [0.25, 0.3) is 11.0 Å². The highest BCUT2D eigenvalue weighted by Crippen LogP contribution is 2.32. The molecule has 3 aromatic carbocycles. The van der Waals surface area contributed by atoms with Crippen LogP contribution in [-0.4, -0.2) is 23.2 Å². The van der Waals surface area contributed by atoms with E-state index in [4.69, 9.17) is 9.15 Å². The van der Waals surface area contributed by atoms with Crippen molar-refractivity contribution in [2.24, 2.45) is 0 Å². The number of ether oxygens (including phenoxy) is 1. The lowest BCUT2D eigenvalue weighted by Gasteiger charge is -2.08. The van der Waals surface area contributed by atoms with Crippen molar-refractivity contribution in [2.75, 3.05) is 11.9 Å². The van der Waals surface area contributed by atoms with E-state index >= 15 is 0 Å². The molecule has 33 heavy (non-hydrogen) atoms. The van der Waals surface area contributed by atoms with E-state index in [9.17, 15) is 24.1 Å². The molecule has 1 heterocycles. The number of furan rings is 1. The van der Waals surface area contributed by atoms with Gasteiger partial charge >= 0.3 is 0 Å². The summed E-state index contributed by atoms with van der Waals surface area (Å²) in [6, 6.07) is 16.1. The summed E-state index contributed by atoms with van der Waals surface area (Å²) < 4.78 is 25.1. The number of hydrogen-bond donors (Lipinski definition) is 1. The van der Waals surface area contributed by atoms with Gasteiger partial charge in [-0.05, 0) is 42.8 Å². The Labute approximate surface area is 186 Å². The zero-order valence-electron chi connectivity index (χ0n) is 17.3. The largest absolute Gasteiger partial charge is 0.484 e. The van der Waals surface area contributed by atoms with E-state index in [1.165, 1.54) is 36.4 Å². The van der Waals surface area contributed by atoms with Crippen LogP contribution in [-0.2, 0) is 4.79 Å². The number of nitro benzene ring substituents is 1. The van der Waals surface area contributed by atoms with Gasteiger partial charge in [0.1, 0.15) is 17.1 Å². The second-order valence-corrected chi connectivity index (χ2v) is 7.18. The Kier molecular flexibility index (Phi) is 5.86. The highest BCUT2D eigenvalue weighted by atomic mass is 19.1. The van der Waals surface area contributed by atoms with Crippen LogP contribution in [0.4, 0.5) is 15.8 Å². The molecule has 0 bridgehead atoms. The molecule has 8 nitrogen and oxygen atoms in total. The zero-order valence-corrected chi connectivity index (χ0v) is 17.3. The molecule has 1 N–H and O–H groups in total. The molecule has 0 spiro atoms.